The summed E-state index contributed by atoms with van der Waals surface area (Å²) in [5.74, 6) is 0.0766. The maximum Gasteiger partial charge on any atom is 0.248 e. The lowest BCUT2D eigenvalue weighted by atomic mass is 9.98. The number of hydrogen-bond donors (Lipinski definition) is 0. The average molecular weight is 375 g/mol. The number of benzene rings is 1. The van der Waals surface area contributed by atoms with E-state index in [-0.39, 0.29) is 24.7 Å². The monoisotopic (exact) mass is 374 g/mol. The van der Waals surface area contributed by atoms with Gasteiger partial charge in [0.05, 0.1) is 12.2 Å². The van der Waals surface area contributed by atoms with Crippen molar-refractivity contribution in [2.45, 2.75) is 63.7 Å². The summed E-state index contributed by atoms with van der Waals surface area (Å²) in [7, 11) is 4.07. The van der Waals surface area contributed by atoms with E-state index in [4.69, 9.17) is 9.47 Å². The van der Waals surface area contributed by atoms with Crippen molar-refractivity contribution in [3.63, 3.8) is 0 Å². The fourth-order valence-corrected chi connectivity index (χ4v) is 3.92. The maximum absolute atomic E-state index is 12.9. The molecule has 0 bridgehead atoms. The van der Waals surface area contributed by atoms with Crippen LogP contribution in [-0.2, 0) is 20.8 Å². The summed E-state index contributed by atoms with van der Waals surface area (Å²) < 4.78 is 11.7. The Morgan fingerprint density at radius 1 is 1.07 bits per heavy atom. The summed E-state index contributed by atoms with van der Waals surface area (Å²) in [6, 6.07) is 8.41. The van der Waals surface area contributed by atoms with E-state index >= 15 is 0 Å². The Hall–Kier alpha value is -1.59. The van der Waals surface area contributed by atoms with Gasteiger partial charge in [0.1, 0.15) is 6.61 Å². The molecule has 0 spiro atoms. The van der Waals surface area contributed by atoms with Gasteiger partial charge in [0.15, 0.2) is 0 Å². The molecule has 0 N–H and O–H groups in total. The van der Waals surface area contributed by atoms with E-state index < -0.39 is 0 Å². The minimum atomic E-state index is 0.0766. The molecule has 1 aromatic carbocycles. The van der Waals surface area contributed by atoms with Crippen molar-refractivity contribution in [3.8, 4) is 0 Å². The lowest BCUT2D eigenvalue weighted by molar-refractivity contribution is -0.141. The number of hydrogen-bond acceptors (Lipinski definition) is 4. The van der Waals surface area contributed by atoms with Gasteiger partial charge in [-0.2, -0.15) is 0 Å². The van der Waals surface area contributed by atoms with Gasteiger partial charge in [-0.05, 0) is 43.4 Å². The standard InChI is InChI=1S/C22H34N2O3/c1-23(2)19-12-10-18(11-13-19)15-24(16-21-9-6-14-26-21)22(25)17-27-20-7-4-3-5-8-20/h10-13,20-21H,3-9,14-17H2,1-2H3. The number of carbonyl (C=O) groups is 1. The van der Waals surface area contributed by atoms with Crippen molar-refractivity contribution in [1.82, 2.24) is 4.90 Å². The molecule has 1 unspecified atom stereocenters. The van der Waals surface area contributed by atoms with Gasteiger partial charge in [-0.15, -0.1) is 0 Å². The minimum Gasteiger partial charge on any atom is -0.378 e. The molecular weight excluding hydrogens is 340 g/mol. The number of anilines is 1. The zero-order valence-corrected chi connectivity index (χ0v) is 16.9. The molecule has 150 valence electrons. The minimum absolute atomic E-state index is 0.0766. The number of ether oxygens (including phenoxy) is 2. The Morgan fingerprint density at radius 3 is 2.44 bits per heavy atom. The van der Waals surface area contributed by atoms with E-state index in [1.54, 1.807) is 0 Å². The molecule has 1 heterocycles. The van der Waals surface area contributed by atoms with E-state index in [0.29, 0.717) is 13.1 Å². The molecule has 1 saturated heterocycles. The van der Waals surface area contributed by atoms with Crippen molar-refractivity contribution < 1.29 is 14.3 Å². The first-order valence-corrected chi connectivity index (χ1v) is 10.4. The van der Waals surface area contributed by atoms with Crippen molar-refractivity contribution in [2.75, 3.05) is 38.8 Å². The predicted octanol–water partition coefficient (Wildman–Crippen LogP) is 3.61. The lowest BCUT2D eigenvalue weighted by Gasteiger charge is -2.28. The molecular formula is C22H34N2O3. The van der Waals surface area contributed by atoms with Crippen LogP contribution in [0.15, 0.2) is 24.3 Å². The van der Waals surface area contributed by atoms with Crippen molar-refractivity contribution >= 4 is 11.6 Å². The summed E-state index contributed by atoms with van der Waals surface area (Å²) in [4.78, 5) is 16.9. The molecule has 1 aromatic rings. The quantitative estimate of drug-likeness (QED) is 0.697. The third-order valence-corrected chi connectivity index (χ3v) is 5.62. The van der Waals surface area contributed by atoms with Crippen molar-refractivity contribution in [2.24, 2.45) is 0 Å². The van der Waals surface area contributed by atoms with Crippen molar-refractivity contribution in [1.29, 1.82) is 0 Å². The van der Waals surface area contributed by atoms with Crippen LogP contribution < -0.4 is 4.90 Å². The highest BCUT2D eigenvalue weighted by Crippen LogP contribution is 2.21. The molecule has 0 aromatic heterocycles. The lowest BCUT2D eigenvalue weighted by Crippen LogP contribution is -2.39. The van der Waals surface area contributed by atoms with E-state index in [9.17, 15) is 4.79 Å². The molecule has 0 radical (unpaired) electrons. The van der Waals surface area contributed by atoms with Crippen LogP contribution in [0, 0.1) is 0 Å². The highest BCUT2D eigenvalue weighted by molar-refractivity contribution is 5.77. The van der Waals surface area contributed by atoms with Gasteiger partial charge in [-0.1, -0.05) is 31.4 Å². The van der Waals surface area contributed by atoms with Gasteiger partial charge >= 0.3 is 0 Å². The van der Waals surface area contributed by atoms with Crippen LogP contribution in [0.4, 0.5) is 5.69 Å². The SMILES string of the molecule is CN(C)c1ccc(CN(CC2CCCO2)C(=O)COC2CCCCC2)cc1. The van der Waals surface area contributed by atoms with E-state index in [2.05, 4.69) is 29.2 Å². The molecule has 1 atom stereocenters. The third kappa shape index (κ3) is 6.22. The fraction of sp³-hybridized carbons (Fsp3) is 0.682. The summed E-state index contributed by atoms with van der Waals surface area (Å²) >= 11 is 0. The van der Waals surface area contributed by atoms with Crippen LogP contribution in [0.1, 0.15) is 50.5 Å². The second kappa shape index (κ2) is 10.1. The first-order chi connectivity index (χ1) is 13.1. The van der Waals surface area contributed by atoms with Crippen LogP contribution in [0.5, 0.6) is 0 Å². The van der Waals surface area contributed by atoms with Gasteiger partial charge in [0.25, 0.3) is 0 Å². The Kier molecular flexibility index (Phi) is 7.53. The molecule has 1 amide bonds. The molecule has 2 aliphatic rings. The maximum atomic E-state index is 12.9. The van der Waals surface area contributed by atoms with Gasteiger partial charge in [-0.25, -0.2) is 0 Å². The molecule has 2 fully saturated rings. The zero-order valence-electron chi connectivity index (χ0n) is 16.9. The van der Waals surface area contributed by atoms with Crippen LogP contribution >= 0.6 is 0 Å². The second-order valence-corrected chi connectivity index (χ2v) is 8.04. The largest absolute Gasteiger partial charge is 0.378 e. The Morgan fingerprint density at radius 2 is 1.81 bits per heavy atom. The van der Waals surface area contributed by atoms with Gasteiger partial charge in [-0.3, -0.25) is 4.79 Å². The highest BCUT2D eigenvalue weighted by Gasteiger charge is 2.24. The summed E-state index contributed by atoms with van der Waals surface area (Å²) in [5, 5.41) is 0. The van der Waals surface area contributed by atoms with Crippen LogP contribution in [-0.4, -0.2) is 56.9 Å². The molecule has 5 nitrogen and oxygen atoms in total. The molecule has 5 heteroatoms. The second-order valence-electron chi connectivity index (χ2n) is 8.04. The fourth-order valence-electron chi connectivity index (χ4n) is 3.92. The van der Waals surface area contributed by atoms with Gasteiger partial charge in [0, 0.05) is 39.5 Å². The van der Waals surface area contributed by atoms with Crippen LogP contribution in [0.3, 0.4) is 0 Å². The third-order valence-electron chi connectivity index (χ3n) is 5.62. The number of amides is 1. The van der Waals surface area contributed by atoms with Gasteiger partial charge in [0.2, 0.25) is 5.91 Å². The first kappa shape index (κ1) is 20.2. The first-order valence-electron chi connectivity index (χ1n) is 10.4. The van der Waals surface area contributed by atoms with E-state index in [1.165, 1.54) is 19.3 Å². The topological polar surface area (TPSA) is 42.0 Å². The predicted molar refractivity (Wildman–Crippen MR) is 108 cm³/mol. The number of nitrogens with zero attached hydrogens (tertiary/aromatic N) is 2. The average Bonchev–Trinajstić information content (AvgIpc) is 3.20. The Labute approximate surface area is 163 Å². The molecule has 1 saturated carbocycles. The molecule has 1 aliphatic carbocycles. The normalized spacial score (nSPS) is 20.6. The molecule has 1 aliphatic heterocycles. The summed E-state index contributed by atoms with van der Waals surface area (Å²) in [6.45, 7) is 2.26. The Bertz CT molecular complexity index is 576. The number of rotatable bonds is 8. The summed E-state index contributed by atoms with van der Waals surface area (Å²) in [5.41, 5.74) is 2.31. The van der Waals surface area contributed by atoms with Crippen LogP contribution in [0.25, 0.3) is 0 Å². The number of carbonyl (C=O) groups excluding carboxylic acids is 1. The Balaban J connectivity index is 1.59. The summed E-state index contributed by atoms with van der Waals surface area (Å²) in [6.07, 6.45) is 8.44. The van der Waals surface area contributed by atoms with Gasteiger partial charge < -0.3 is 19.3 Å². The molecule has 27 heavy (non-hydrogen) atoms. The highest BCUT2D eigenvalue weighted by atomic mass is 16.5. The van der Waals surface area contributed by atoms with Crippen LogP contribution in [0.2, 0.25) is 0 Å². The van der Waals surface area contributed by atoms with E-state index in [1.807, 2.05) is 19.0 Å². The van der Waals surface area contributed by atoms with E-state index in [0.717, 1.165) is 43.5 Å². The smallest absolute Gasteiger partial charge is 0.248 e. The zero-order chi connectivity index (χ0) is 19.1. The van der Waals surface area contributed by atoms with Crippen molar-refractivity contribution in [3.05, 3.63) is 29.8 Å². The molecule has 3 rings (SSSR count).